The maximum absolute atomic E-state index is 10.9. The van der Waals surface area contributed by atoms with Crippen LogP contribution in [0, 0.1) is 5.92 Å². The molecular weight excluding hydrogens is 250 g/mol. The number of carbonyl (C=O) groups excluding carboxylic acids is 1. The third kappa shape index (κ3) is 3.72. The lowest BCUT2D eigenvalue weighted by Gasteiger charge is -2.19. The molecule has 18 heavy (non-hydrogen) atoms. The lowest BCUT2D eigenvalue weighted by molar-refractivity contribution is -0.131. The molecule has 2 N–H and O–H groups in total. The first-order valence-corrected chi connectivity index (χ1v) is 6.21. The molecule has 1 aliphatic carbocycles. The Hall–Kier alpha value is -1.06. The summed E-state index contributed by atoms with van der Waals surface area (Å²) in [6.45, 7) is 1.41. The summed E-state index contributed by atoms with van der Waals surface area (Å²) in [5.41, 5.74) is 7.32. The van der Waals surface area contributed by atoms with E-state index in [9.17, 15) is 4.79 Å². The molecule has 0 spiro atoms. The Kier molecular flexibility index (Phi) is 5.63. The van der Waals surface area contributed by atoms with E-state index >= 15 is 0 Å². The average Bonchev–Trinajstić information content (AvgIpc) is 2.81. The van der Waals surface area contributed by atoms with E-state index in [4.69, 9.17) is 10.5 Å². The van der Waals surface area contributed by atoms with Gasteiger partial charge >= 0.3 is 5.97 Å². The Balaban J connectivity index is 0.00000162. The topological polar surface area (TPSA) is 52.3 Å². The second-order valence-electron chi connectivity index (χ2n) is 4.74. The van der Waals surface area contributed by atoms with Crippen LogP contribution in [0.2, 0.25) is 0 Å². The predicted molar refractivity (Wildman–Crippen MR) is 73.9 cm³/mol. The zero-order valence-electron chi connectivity index (χ0n) is 10.6. The van der Waals surface area contributed by atoms with Crippen molar-refractivity contribution in [2.75, 3.05) is 0 Å². The number of rotatable bonds is 3. The fraction of sp³-hybridized carbons (Fsp3) is 0.500. The fourth-order valence-corrected chi connectivity index (χ4v) is 2.54. The minimum absolute atomic E-state index is 0. The number of hydrogen-bond acceptors (Lipinski definition) is 3. The maximum atomic E-state index is 10.9. The standard InChI is InChI=1S/C14H19NO2.ClH/c1-10(16)17-13-8-4-7-12(9-13)14(15)11-5-2-3-6-11;/h4,7-9,11,14H,2-3,5-6,15H2,1H3;1H/t14-;/m1./s1. The molecule has 1 fully saturated rings. The summed E-state index contributed by atoms with van der Waals surface area (Å²) >= 11 is 0. The molecule has 0 aliphatic heterocycles. The third-order valence-electron chi connectivity index (χ3n) is 3.41. The molecule has 1 atom stereocenters. The maximum Gasteiger partial charge on any atom is 0.308 e. The zero-order valence-corrected chi connectivity index (χ0v) is 11.4. The molecule has 0 saturated heterocycles. The summed E-state index contributed by atoms with van der Waals surface area (Å²) in [7, 11) is 0. The van der Waals surface area contributed by atoms with E-state index in [-0.39, 0.29) is 24.4 Å². The van der Waals surface area contributed by atoms with E-state index in [1.54, 1.807) is 6.07 Å². The molecule has 3 nitrogen and oxygen atoms in total. The van der Waals surface area contributed by atoms with Crippen molar-refractivity contribution in [2.45, 2.75) is 38.6 Å². The van der Waals surface area contributed by atoms with Crippen LogP contribution in [0.15, 0.2) is 24.3 Å². The first-order chi connectivity index (χ1) is 8.16. The van der Waals surface area contributed by atoms with Crippen molar-refractivity contribution in [1.29, 1.82) is 0 Å². The molecule has 4 heteroatoms. The van der Waals surface area contributed by atoms with Gasteiger partial charge in [-0.15, -0.1) is 12.4 Å². The molecule has 2 rings (SSSR count). The van der Waals surface area contributed by atoms with Crippen LogP contribution in [0.4, 0.5) is 0 Å². The molecule has 0 heterocycles. The number of ether oxygens (including phenoxy) is 1. The van der Waals surface area contributed by atoms with Crippen LogP contribution in [0.25, 0.3) is 0 Å². The smallest absolute Gasteiger partial charge is 0.308 e. The van der Waals surface area contributed by atoms with E-state index in [1.165, 1.54) is 32.6 Å². The monoisotopic (exact) mass is 269 g/mol. The van der Waals surface area contributed by atoms with Crippen molar-refractivity contribution in [3.05, 3.63) is 29.8 Å². The molecule has 1 saturated carbocycles. The number of benzene rings is 1. The fourth-order valence-electron chi connectivity index (χ4n) is 2.54. The Labute approximate surface area is 114 Å². The Morgan fingerprint density at radius 2 is 2.06 bits per heavy atom. The lowest BCUT2D eigenvalue weighted by atomic mass is 9.92. The highest BCUT2D eigenvalue weighted by Gasteiger charge is 2.23. The molecule has 0 radical (unpaired) electrons. The van der Waals surface area contributed by atoms with Crippen LogP contribution in [-0.2, 0) is 4.79 Å². The normalized spacial score (nSPS) is 17.0. The van der Waals surface area contributed by atoms with Gasteiger partial charge in [-0.3, -0.25) is 4.79 Å². The zero-order chi connectivity index (χ0) is 12.3. The molecule has 1 aromatic rings. The van der Waals surface area contributed by atoms with Gasteiger partial charge in [0.15, 0.2) is 0 Å². The number of halogens is 1. The van der Waals surface area contributed by atoms with Gasteiger partial charge in [0.1, 0.15) is 5.75 Å². The van der Waals surface area contributed by atoms with E-state index in [1.807, 2.05) is 18.2 Å². The molecule has 0 unspecified atom stereocenters. The Morgan fingerprint density at radius 3 is 2.67 bits per heavy atom. The highest BCUT2D eigenvalue weighted by Crippen LogP contribution is 2.34. The first kappa shape index (κ1) is 15.0. The summed E-state index contributed by atoms with van der Waals surface area (Å²) in [5, 5.41) is 0. The van der Waals surface area contributed by atoms with Crippen molar-refractivity contribution in [3.8, 4) is 5.75 Å². The molecule has 0 bridgehead atoms. The van der Waals surface area contributed by atoms with Crippen LogP contribution >= 0.6 is 12.4 Å². The highest BCUT2D eigenvalue weighted by atomic mass is 35.5. The molecule has 0 aromatic heterocycles. The van der Waals surface area contributed by atoms with Crippen LogP contribution in [0.5, 0.6) is 5.75 Å². The van der Waals surface area contributed by atoms with E-state index in [0.29, 0.717) is 11.7 Å². The van der Waals surface area contributed by atoms with Gasteiger partial charge in [-0.05, 0) is 36.5 Å². The second-order valence-corrected chi connectivity index (χ2v) is 4.74. The molecular formula is C14H20ClNO2. The van der Waals surface area contributed by atoms with Gasteiger partial charge in [0.05, 0.1) is 0 Å². The highest BCUT2D eigenvalue weighted by molar-refractivity contribution is 5.85. The van der Waals surface area contributed by atoms with Crippen molar-refractivity contribution >= 4 is 18.4 Å². The first-order valence-electron chi connectivity index (χ1n) is 6.21. The van der Waals surface area contributed by atoms with Gasteiger partial charge in [0.25, 0.3) is 0 Å². The quantitative estimate of drug-likeness (QED) is 0.677. The molecule has 100 valence electrons. The number of nitrogens with two attached hydrogens (primary N) is 1. The van der Waals surface area contributed by atoms with Crippen LogP contribution < -0.4 is 10.5 Å². The summed E-state index contributed by atoms with van der Waals surface area (Å²) in [6.07, 6.45) is 4.97. The van der Waals surface area contributed by atoms with Gasteiger partial charge in [-0.25, -0.2) is 0 Å². The van der Waals surface area contributed by atoms with Gasteiger partial charge in [0.2, 0.25) is 0 Å². The number of esters is 1. The predicted octanol–water partition coefficient (Wildman–Crippen LogP) is 3.22. The Morgan fingerprint density at radius 1 is 1.39 bits per heavy atom. The SMILES string of the molecule is CC(=O)Oc1cccc([C@H](N)C2CCCC2)c1.Cl. The lowest BCUT2D eigenvalue weighted by Crippen LogP contribution is -2.19. The van der Waals surface area contributed by atoms with Gasteiger partial charge in [-0.1, -0.05) is 25.0 Å². The van der Waals surface area contributed by atoms with Crippen molar-refractivity contribution in [3.63, 3.8) is 0 Å². The summed E-state index contributed by atoms with van der Waals surface area (Å²) in [4.78, 5) is 10.9. The summed E-state index contributed by atoms with van der Waals surface area (Å²) in [6, 6.07) is 7.63. The number of hydrogen-bond donors (Lipinski definition) is 1. The minimum Gasteiger partial charge on any atom is -0.427 e. The van der Waals surface area contributed by atoms with E-state index < -0.39 is 0 Å². The van der Waals surface area contributed by atoms with Crippen molar-refractivity contribution in [2.24, 2.45) is 11.7 Å². The minimum atomic E-state index is -0.295. The average molecular weight is 270 g/mol. The van der Waals surface area contributed by atoms with Crippen molar-refractivity contribution in [1.82, 2.24) is 0 Å². The van der Waals surface area contributed by atoms with Crippen LogP contribution in [0.3, 0.4) is 0 Å². The van der Waals surface area contributed by atoms with E-state index in [0.717, 1.165) is 5.56 Å². The number of carbonyl (C=O) groups is 1. The van der Waals surface area contributed by atoms with Crippen LogP contribution in [0.1, 0.15) is 44.2 Å². The Bertz CT molecular complexity index is 403. The molecule has 1 aliphatic rings. The second kappa shape index (κ2) is 6.76. The summed E-state index contributed by atoms with van der Waals surface area (Å²) in [5.74, 6) is 0.864. The molecule has 0 amide bonds. The molecule has 1 aromatic carbocycles. The van der Waals surface area contributed by atoms with Crippen molar-refractivity contribution < 1.29 is 9.53 Å². The van der Waals surface area contributed by atoms with Crippen LogP contribution in [-0.4, -0.2) is 5.97 Å². The van der Waals surface area contributed by atoms with Gasteiger partial charge < -0.3 is 10.5 Å². The van der Waals surface area contributed by atoms with Gasteiger partial charge in [-0.2, -0.15) is 0 Å². The third-order valence-corrected chi connectivity index (χ3v) is 3.41. The van der Waals surface area contributed by atoms with Gasteiger partial charge in [0, 0.05) is 13.0 Å². The summed E-state index contributed by atoms with van der Waals surface area (Å²) < 4.78 is 5.07. The van der Waals surface area contributed by atoms with E-state index in [2.05, 4.69) is 0 Å². The largest absolute Gasteiger partial charge is 0.427 e.